The van der Waals surface area contributed by atoms with Gasteiger partial charge in [-0.3, -0.25) is 9.69 Å². The second-order valence-corrected chi connectivity index (χ2v) is 8.32. The first-order valence-corrected chi connectivity index (χ1v) is 9.75. The number of nitrogens with two attached hydrogens (primary N) is 1. The molecule has 2 aromatic rings. The molecule has 29 heavy (non-hydrogen) atoms. The Bertz CT molecular complexity index is 886. The molecule has 1 aliphatic heterocycles. The third-order valence-electron chi connectivity index (χ3n) is 4.80. The number of aromatic nitrogens is 2. The minimum atomic E-state index is -0.478. The Balaban J connectivity index is 1.69. The van der Waals surface area contributed by atoms with Crippen molar-refractivity contribution in [1.29, 1.82) is 0 Å². The number of nitrogens with zero attached hydrogens (tertiary/aromatic N) is 4. The Morgan fingerprint density at radius 1 is 1.21 bits per heavy atom. The third kappa shape index (κ3) is 5.14. The molecule has 0 amide bonds. The molecule has 0 unspecified atom stereocenters. The maximum Gasteiger partial charge on any atom is 0.320 e. The van der Waals surface area contributed by atoms with Crippen molar-refractivity contribution in [2.24, 2.45) is 0 Å². The van der Waals surface area contributed by atoms with Gasteiger partial charge in [0.25, 0.3) is 0 Å². The number of nitrogen functional groups attached to an aromatic ring is 1. The largest absolute Gasteiger partial charge is 0.507 e. The third-order valence-corrected chi connectivity index (χ3v) is 4.80. The average molecular weight is 399 g/mol. The standard InChI is InChI=1S/C21H29N5O3/c1-14-6-5-7-15(19(14)28)16-12-17(20(22)24-23-16)26-10-8-25(9-11-26)13-18(27)29-21(2,3)4/h5-7,12,28H,8-11,13H2,1-4H3,(H2,22,24). The number of anilines is 2. The molecule has 2 heterocycles. The summed E-state index contributed by atoms with van der Waals surface area (Å²) in [5.41, 5.74) is 8.37. The summed E-state index contributed by atoms with van der Waals surface area (Å²) in [6.45, 7) is 10.6. The number of phenols is 1. The van der Waals surface area contributed by atoms with E-state index in [1.807, 2.05) is 52.0 Å². The molecular weight excluding hydrogens is 370 g/mol. The Labute approximate surface area is 171 Å². The van der Waals surface area contributed by atoms with Crippen LogP contribution in [0.2, 0.25) is 0 Å². The molecule has 0 spiro atoms. The van der Waals surface area contributed by atoms with Gasteiger partial charge in [0.1, 0.15) is 11.4 Å². The lowest BCUT2D eigenvalue weighted by Gasteiger charge is -2.36. The monoisotopic (exact) mass is 399 g/mol. The topological polar surface area (TPSA) is 105 Å². The van der Waals surface area contributed by atoms with Crippen LogP contribution in [0.5, 0.6) is 5.75 Å². The quantitative estimate of drug-likeness (QED) is 0.754. The van der Waals surface area contributed by atoms with E-state index in [4.69, 9.17) is 10.5 Å². The average Bonchev–Trinajstić information content (AvgIpc) is 2.64. The van der Waals surface area contributed by atoms with E-state index in [0.717, 1.165) is 11.3 Å². The number of carbonyl (C=O) groups excluding carboxylic acids is 1. The van der Waals surface area contributed by atoms with Crippen LogP contribution in [0.4, 0.5) is 11.5 Å². The van der Waals surface area contributed by atoms with Crippen LogP contribution in [0.25, 0.3) is 11.3 Å². The first kappa shape index (κ1) is 20.9. The second kappa shape index (κ2) is 8.24. The zero-order valence-corrected chi connectivity index (χ0v) is 17.5. The van der Waals surface area contributed by atoms with Crippen molar-refractivity contribution in [3.8, 4) is 17.0 Å². The van der Waals surface area contributed by atoms with Gasteiger partial charge in [0.05, 0.1) is 17.9 Å². The summed E-state index contributed by atoms with van der Waals surface area (Å²) in [5, 5.41) is 18.6. The van der Waals surface area contributed by atoms with E-state index in [2.05, 4.69) is 20.0 Å². The van der Waals surface area contributed by atoms with Crippen LogP contribution in [0.15, 0.2) is 24.3 Å². The maximum absolute atomic E-state index is 12.1. The highest BCUT2D eigenvalue weighted by Crippen LogP contribution is 2.33. The van der Waals surface area contributed by atoms with Crippen LogP contribution >= 0.6 is 0 Å². The maximum atomic E-state index is 12.1. The number of hydrogen-bond donors (Lipinski definition) is 2. The van der Waals surface area contributed by atoms with E-state index in [1.165, 1.54) is 0 Å². The highest BCUT2D eigenvalue weighted by atomic mass is 16.6. The van der Waals surface area contributed by atoms with Gasteiger partial charge in [-0.05, 0) is 45.4 Å². The number of rotatable bonds is 4. The van der Waals surface area contributed by atoms with Crippen LogP contribution in [0.1, 0.15) is 26.3 Å². The molecule has 1 aromatic carbocycles. The van der Waals surface area contributed by atoms with E-state index in [-0.39, 0.29) is 18.3 Å². The van der Waals surface area contributed by atoms with Crippen LogP contribution in [0, 0.1) is 6.92 Å². The van der Waals surface area contributed by atoms with Gasteiger partial charge in [-0.25, -0.2) is 0 Å². The molecule has 8 nitrogen and oxygen atoms in total. The summed E-state index contributed by atoms with van der Waals surface area (Å²) in [7, 11) is 0. The number of esters is 1. The lowest BCUT2D eigenvalue weighted by molar-refractivity contribution is -0.156. The molecule has 0 atom stereocenters. The number of aromatic hydroxyl groups is 1. The molecule has 1 saturated heterocycles. The SMILES string of the molecule is Cc1cccc(-c2cc(N3CCN(CC(=O)OC(C)(C)C)CC3)c(N)nn2)c1O. The van der Waals surface area contributed by atoms with E-state index >= 15 is 0 Å². The number of benzene rings is 1. The smallest absolute Gasteiger partial charge is 0.320 e. The number of ether oxygens (including phenoxy) is 1. The zero-order valence-electron chi connectivity index (χ0n) is 17.5. The van der Waals surface area contributed by atoms with Gasteiger partial charge >= 0.3 is 5.97 Å². The van der Waals surface area contributed by atoms with E-state index in [0.29, 0.717) is 43.3 Å². The van der Waals surface area contributed by atoms with Gasteiger partial charge in [-0.1, -0.05) is 12.1 Å². The second-order valence-electron chi connectivity index (χ2n) is 8.32. The molecule has 1 aromatic heterocycles. The van der Waals surface area contributed by atoms with Crippen molar-refractivity contribution in [2.75, 3.05) is 43.4 Å². The number of para-hydroxylation sites is 1. The summed E-state index contributed by atoms with van der Waals surface area (Å²) in [4.78, 5) is 16.3. The Morgan fingerprint density at radius 2 is 1.90 bits per heavy atom. The molecule has 1 aliphatic rings. The van der Waals surface area contributed by atoms with Crippen molar-refractivity contribution < 1.29 is 14.6 Å². The number of carbonyl (C=O) groups is 1. The van der Waals surface area contributed by atoms with Crippen molar-refractivity contribution >= 4 is 17.5 Å². The van der Waals surface area contributed by atoms with Crippen molar-refractivity contribution in [3.05, 3.63) is 29.8 Å². The van der Waals surface area contributed by atoms with Crippen LogP contribution in [-0.2, 0) is 9.53 Å². The van der Waals surface area contributed by atoms with Gasteiger partial charge in [-0.15, -0.1) is 10.2 Å². The molecule has 0 radical (unpaired) electrons. The van der Waals surface area contributed by atoms with Crippen molar-refractivity contribution in [3.63, 3.8) is 0 Å². The normalized spacial score (nSPS) is 15.4. The predicted octanol–water partition coefficient (Wildman–Crippen LogP) is 2.20. The summed E-state index contributed by atoms with van der Waals surface area (Å²) in [5.74, 6) is 0.328. The highest BCUT2D eigenvalue weighted by molar-refractivity contribution is 5.75. The van der Waals surface area contributed by atoms with Crippen molar-refractivity contribution in [2.45, 2.75) is 33.3 Å². The van der Waals surface area contributed by atoms with Crippen molar-refractivity contribution in [1.82, 2.24) is 15.1 Å². The summed E-state index contributed by atoms with van der Waals surface area (Å²) in [6.07, 6.45) is 0. The number of phenolic OH excluding ortho intramolecular Hbond substituents is 1. The van der Waals surface area contributed by atoms with E-state index in [1.54, 1.807) is 0 Å². The first-order valence-electron chi connectivity index (χ1n) is 9.75. The van der Waals surface area contributed by atoms with E-state index < -0.39 is 5.60 Å². The van der Waals surface area contributed by atoms with E-state index in [9.17, 15) is 9.90 Å². The molecule has 3 rings (SSSR count). The zero-order chi connectivity index (χ0) is 21.2. The van der Waals surface area contributed by atoms with Crippen LogP contribution in [-0.4, -0.2) is 64.5 Å². The molecule has 1 fully saturated rings. The first-order chi connectivity index (χ1) is 13.6. The van der Waals surface area contributed by atoms with Gasteiger partial charge < -0.3 is 20.5 Å². The molecule has 3 N–H and O–H groups in total. The molecule has 0 aliphatic carbocycles. The summed E-state index contributed by atoms with van der Waals surface area (Å²) >= 11 is 0. The molecule has 156 valence electrons. The minimum Gasteiger partial charge on any atom is -0.507 e. The van der Waals surface area contributed by atoms with Gasteiger partial charge in [0.2, 0.25) is 0 Å². The van der Waals surface area contributed by atoms with Gasteiger partial charge in [0.15, 0.2) is 5.82 Å². The number of aryl methyl sites for hydroxylation is 1. The lowest BCUT2D eigenvalue weighted by atomic mass is 10.1. The molecular formula is C21H29N5O3. The summed E-state index contributed by atoms with van der Waals surface area (Å²) < 4.78 is 5.40. The van der Waals surface area contributed by atoms with Gasteiger partial charge in [0, 0.05) is 31.7 Å². The molecule has 0 saturated carbocycles. The Kier molecular flexibility index (Phi) is 5.93. The fraction of sp³-hybridized carbons (Fsp3) is 0.476. The highest BCUT2D eigenvalue weighted by Gasteiger charge is 2.24. The number of hydrogen-bond acceptors (Lipinski definition) is 8. The fourth-order valence-corrected chi connectivity index (χ4v) is 3.35. The Morgan fingerprint density at radius 3 is 2.55 bits per heavy atom. The fourth-order valence-electron chi connectivity index (χ4n) is 3.35. The van der Waals surface area contributed by atoms with Gasteiger partial charge in [-0.2, -0.15) is 0 Å². The van der Waals surface area contributed by atoms with Crippen LogP contribution < -0.4 is 10.6 Å². The number of piperazine rings is 1. The predicted molar refractivity (Wildman–Crippen MR) is 113 cm³/mol. The lowest BCUT2D eigenvalue weighted by Crippen LogP contribution is -2.49. The molecule has 0 bridgehead atoms. The Hall–Kier alpha value is -2.87. The van der Waals surface area contributed by atoms with Crippen LogP contribution in [0.3, 0.4) is 0 Å². The molecule has 8 heteroatoms. The summed E-state index contributed by atoms with van der Waals surface area (Å²) in [6, 6.07) is 7.39. The minimum absolute atomic E-state index is 0.194.